The fraction of sp³-hybridized carbons (Fsp3) is 0.500. The van der Waals surface area contributed by atoms with Gasteiger partial charge in [-0.2, -0.15) is 0 Å². The van der Waals surface area contributed by atoms with Crippen LogP contribution < -0.4 is 5.73 Å². The van der Waals surface area contributed by atoms with Crippen molar-refractivity contribution in [3.63, 3.8) is 0 Å². The molecule has 0 radical (unpaired) electrons. The molecule has 1 aliphatic rings. The lowest BCUT2D eigenvalue weighted by atomic mass is 9.86. The van der Waals surface area contributed by atoms with Crippen molar-refractivity contribution in [2.24, 2.45) is 5.92 Å². The molecule has 0 aromatic heterocycles. The van der Waals surface area contributed by atoms with Gasteiger partial charge < -0.3 is 10.5 Å². The second-order valence-electron chi connectivity index (χ2n) is 5.33. The van der Waals surface area contributed by atoms with Gasteiger partial charge in [-0.05, 0) is 37.0 Å². The molecular weight excluding hydrogens is 292 g/mol. The van der Waals surface area contributed by atoms with E-state index in [1.165, 1.54) is 36.7 Å². The number of anilines is 1. The van der Waals surface area contributed by atoms with E-state index in [2.05, 4.69) is 4.74 Å². The predicted octanol–water partition coefficient (Wildman–Crippen LogP) is 1.48. The summed E-state index contributed by atoms with van der Waals surface area (Å²) in [5.74, 6) is -0.307. The van der Waals surface area contributed by atoms with Crippen molar-refractivity contribution in [3.05, 3.63) is 23.8 Å². The van der Waals surface area contributed by atoms with Crippen molar-refractivity contribution in [2.75, 3.05) is 26.4 Å². The van der Waals surface area contributed by atoms with Gasteiger partial charge in [-0.3, -0.25) is 0 Å². The first-order valence-electron chi connectivity index (χ1n) is 6.80. The summed E-state index contributed by atoms with van der Waals surface area (Å²) in [7, 11) is -0.995. The Labute approximate surface area is 124 Å². The van der Waals surface area contributed by atoms with Gasteiger partial charge >= 0.3 is 5.97 Å². The third kappa shape index (κ3) is 3.19. The number of rotatable bonds is 5. The number of nitrogens with zero attached hydrogens (tertiary/aromatic N) is 1. The first-order valence-corrected chi connectivity index (χ1v) is 8.24. The summed E-state index contributed by atoms with van der Waals surface area (Å²) in [4.78, 5) is 11.7. The highest BCUT2D eigenvalue weighted by molar-refractivity contribution is 7.89. The zero-order chi connectivity index (χ0) is 15.6. The molecule has 21 heavy (non-hydrogen) atoms. The van der Waals surface area contributed by atoms with E-state index in [1.807, 2.05) is 0 Å². The lowest BCUT2D eigenvalue weighted by Crippen LogP contribution is -2.35. The van der Waals surface area contributed by atoms with E-state index >= 15 is 0 Å². The number of methoxy groups -OCH3 is 1. The Kier molecular flexibility index (Phi) is 4.53. The molecule has 1 fully saturated rings. The van der Waals surface area contributed by atoms with Crippen molar-refractivity contribution in [1.29, 1.82) is 0 Å². The standard InChI is InChI=1S/C14H20N2O4S/c1-16(9-10-4-3-5-10)21(18,19)13-7-6-11(15)8-12(13)14(17)20-2/h6-8,10H,3-5,9,15H2,1-2H3. The predicted molar refractivity (Wildman–Crippen MR) is 79.4 cm³/mol. The van der Waals surface area contributed by atoms with Crippen LogP contribution in [0.3, 0.4) is 0 Å². The maximum Gasteiger partial charge on any atom is 0.339 e. The molecule has 6 nitrogen and oxygen atoms in total. The van der Waals surface area contributed by atoms with Crippen LogP contribution in [0, 0.1) is 5.92 Å². The molecule has 0 saturated heterocycles. The molecular formula is C14H20N2O4S. The zero-order valence-corrected chi connectivity index (χ0v) is 13.0. The van der Waals surface area contributed by atoms with Gasteiger partial charge in [0.25, 0.3) is 0 Å². The maximum atomic E-state index is 12.6. The number of hydrogen-bond donors (Lipinski definition) is 1. The lowest BCUT2D eigenvalue weighted by molar-refractivity contribution is 0.0596. The largest absolute Gasteiger partial charge is 0.465 e. The number of carbonyl (C=O) groups is 1. The minimum atomic E-state index is -3.74. The van der Waals surface area contributed by atoms with Gasteiger partial charge in [-0.25, -0.2) is 17.5 Å². The van der Waals surface area contributed by atoms with Gasteiger partial charge in [0.2, 0.25) is 10.0 Å². The molecule has 1 aromatic carbocycles. The lowest BCUT2D eigenvalue weighted by Gasteiger charge is -2.29. The molecule has 116 valence electrons. The summed E-state index contributed by atoms with van der Waals surface area (Å²) in [6, 6.07) is 4.15. The average molecular weight is 312 g/mol. The highest BCUT2D eigenvalue weighted by Gasteiger charge is 2.30. The van der Waals surface area contributed by atoms with Crippen molar-refractivity contribution in [3.8, 4) is 0 Å². The number of nitrogens with two attached hydrogens (primary N) is 1. The third-order valence-corrected chi connectivity index (χ3v) is 5.72. The Morgan fingerprint density at radius 1 is 1.43 bits per heavy atom. The number of carbonyl (C=O) groups excluding carboxylic acids is 1. The van der Waals surface area contributed by atoms with Crippen LogP contribution in [0.25, 0.3) is 0 Å². The monoisotopic (exact) mass is 312 g/mol. The maximum absolute atomic E-state index is 12.6. The van der Waals surface area contributed by atoms with E-state index in [0.29, 0.717) is 18.2 Å². The molecule has 0 bridgehead atoms. The van der Waals surface area contributed by atoms with Crippen molar-refractivity contribution in [2.45, 2.75) is 24.2 Å². The van der Waals surface area contributed by atoms with Gasteiger partial charge in [-0.1, -0.05) is 6.42 Å². The zero-order valence-electron chi connectivity index (χ0n) is 12.2. The molecule has 0 spiro atoms. The second kappa shape index (κ2) is 6.03. The van der Waals surface area contributed by atoms with E-state index in [9.17, 15) is 13.2 Å². The molecule has 2 N–H and O–H groups in total. The summed E-state index contributed by atoms with van der Waals surface area (Å²) in [6.07, 6.45) is 3.24. The van der Waals surface area contributed by atoms with Crippen LogP contribution in [-0.4, -0.2) is 39.4 Å². The van der Waals surface area contributed by atoms with Crippen molar-refractivity contribution in [1.82, 2.24) is 4.31 Å². The van der Waals surface area contributed by atoms with Gasteiger partial charge in [0.15, 0.2) is 0 Å². The summed E-state index contributed by atoms with van der Waals surface area (Å²) in [6.45, 7) is 0.466. The average Bonchev–Trinajstić information content (AvgIpc) is 2.41. The Morgan fingerprint density at radius 2 is 2.10 bits per heavy atom. The number of hydrogen-bond acceptors (Lipinski definition) is 5. The van der Waals surface area contributed by atoms with Gasteiger partial charge in [0.1, 0.15) is 0 Å². The van der Waals surface area contributed by atoms with Crippen LogP contribution in [-0.2, 0) is 14.8 Å². The van der Waals surface area contributed by atoms with Gasteiger partial charge in [0.05, 0.1) is 17.6 Å². The molecule has 7 heteroatoms. The molecule has 0 heterocycles. The highest BCUT2D eigenvalue weighted by atomic mass is 32.2. The Morgan fingerprint density at radius 3 is 2.62 bits per heavy atom. The van der Waals surface area contributed by atoms with Crippen LogP contribution in [0.15, 0.2) is 23.1 Å². The van der Waals surface area contributed by atoms with E-state index < -0.39 is 16.0 Å². The minimum absolute atomic E-state index is 0.0297. The topological polar surface area (TPSA) is 89.7 Å². The summed E-state index contributed by atoms with van der Waals surface area (Å²) in [5, 5.41) is 0. The fourth-order valence-electron chi connectivity index (χ4n) is 2.35. The normalized spacial score (nSPS) is 15.8. The van der Waals surface area contributed by atoms with Gasteiger partial charge in [0, 0.05) is 19.3 Å². The smallest absolute Gasteiger partial charge is 0.339 e. The Balaban J connectivity index is 2.36. The Hall–Kier alpha value is -1.60. The van der Waals surface area contributed by atoms with Crippen LogP contribution in [0.1, 0.15) is 29.6 Å². The minimum Gasteiger partial charge on any atom is -0.465 e. The summed E-state index contributed by atoms with van der Waals surface area (Å²) < 4.78 is 31.2. The molecule has 1 saturated carbocycles. The van der Waals surface area contributed by atoms with Crippen LogP contribution in [0.2, 0.25) is 0 Å². The van der Waals surface area contributed by atoms with E-state index in [1.54, 1.807) is 0 Å². The van der Waals surface area contributed by atoms with E-state index in [4.69, 9.17) is 5.73 Å². The molecule has 1 aliphatic carbocycles. The quantitative estimate of drug-likeness (QED) is 0.657. The molecule has 1 aromatic rings. The SMILES string of the molecule is COC(=O)c1cc(N)ccc1S(=O)(=O)N(C)CC1CCC1. The van der Waals surface area contributed by atoms with E-state index in [-0.39, 0.29) is 10.5 Å². The first kappa shape index (κ1) is 15.8. The van der Waals surface area contributed by atoms with Crippen LogP contribution in [0.4, 0.5) is 5.69 Å². The highest BCUT2D eigenvalue weighted by Crippen LogP contribution is 2.29. The fourth-order valence-corrected chi connectivity index (χ4v) is 3.75. The summed E-state index contributed by atoms with van der Waals surface area (Å²) in [5.41, 5.74) is 5.92. The molecule has 0 unspecified atom stereocenters. The number of esters is 1. The van der Waals surface area contributed by atoms with Crippen LogP contribution >= 0.6 is 0 Å². The van der Waals surface area contributed by atoms with Crippen LogP contribution in [0.5, 0.6) is 0 Å². The summed E-state index contributed by atoms with van der Waals surface area (Å²) >= 11 is 0. The molecule has 0 aliphatic heterocycles. The molecule has 0 amide bonds. The van der Waals surface area contributed by atoms with Gasteiger partial charge in [-0.15, -0.1) is 0 Å². The number of nitrogen functional groups attached to an aromatic ring is 1. The number of ether oxygens (including phenoxy) is 1. The van der Waals surface area contributed by atoms with E-state index in [0.717, 1.165) is 19.3 Å². The second-order valence-corrected chi connectivity index (χ2v) is 7.34. The van der Waals surface area contributed by atoms with Crippen molar-refractivity contribution < 1.29 is 17.9 Å². The number of sulfonamides is 1. The first-order chi connectivity index (χ1) is 9.86. The third-order valence-electron chi connectivity index (χ3n) is 3.84. The Bertz CT molecular complexity index is 638. The number of benzene rings is 1. The molecule has 0 atom stereocenters. The molecule has 2 rings (SSSR count). The van der Waals surface area contributed by atoms with Crippen molar-refractivity contribution >= 4 is 21.7 Å².